The van der Waals surface area contributed by atoms with E-state index in [1.165, 1.54) is 11.3 Å². The van der Waals surface area contributed by atoms with Crippen LogP contribution in [0.3, 0.4) is 0 Å². The number of anilines is 1. The van der Waals surface area contributed by atoms with Crippen LogP contribution >= 0.6 is 23.7 Å². The number of rotatable bonds is 6. The summed E-state index contributed by atoms with van der Waals surface area (Å²) >= 11 is 1.33. The van der Waals surface area contributed by atoms with E-state index in [-0.39, 0.29) is 37.3 Å². The molecule has 2 amide bonds. The van der Waals surface area contributed by atoms with Crippen LogP contribution in [0.15, 0.2) is 0 Å². The van der Waals surface area contributed by atoms with Gasteiger partial charge in [-0.15, -0.1) is 22.6 Å². The molecule has 1 aromatic rings. The molecule has 0 radical (unpaired) electrons. The highest BCUT2D eigenvalue weighted by Gasteiger charge is 2.08. The second kappa shape index (κ2) is 8.78. The fourth-order valence-corrected chi connectivity index (χ4v) is 1.89. The lowest BCUT2D eigenvalue weighted by molar-refractivity contribution is -0.123. The van der Waals surface area contributed by atoms with Crippen molar-refractivity contribution in [3.8, 4) is 0 Å². The molecule has 4 N–H and O–H groups in total. The Morgan fingerprint density at radius 1 is 1.33 bits per heavy atom. The van der Waals surface area contributed by atoms with Crippen LogP contribution in [-0.2, 0) is 16.0 Å². The molecule has 7 nitrogen and oxygen atoms in total. The third-order valence-corrected chi connectivity index (χ3v) is 2.71. The zero-order valence-electron chi connectivity index (χ0n) is 9.93. The highest BCUT2D eigenvalue weighted by molar-refractivity contribution is 7.15. The van der Waals surface area contributed by atoms with Crippen LogP contribution in [0, 0.1) is 0 Å². The van der Waals surface area contributed by atoms with Crippen molar-refractivity contribution in [3.05, 3.63) is 5.01 Å². The molecule has 0 saturated heterocycles. The molecule has 0 aromatic carbocycles. The van der Waals surface area contributed by atoms with Gasteiger partial charge in [0.1, 0.15) is 5.01 Å². The molecular formula is C9H16ClN5O2S. The van der Waals surface area contributed by atoms with Crippen molar-refractivity contribution in [1.29, 1.82) is 0 Å². The van der Waals surface area contributed by atoms with E-state index in [2.05, 4.69) is 20.8 Å². The Hall–Kier alpha value is -1.25. The van der Waals surface area contributed by atoms with Gasteiger partial charge in [-0.2, -0.15) is 0 Å². The van der Waals surface area contributed by atoms with Crippen molar-refractivity contribution in [2.45, 2.75) is 19.8 Å². The lowest BCUT2D eigenvalue weighted by Gasteiger charge is -2.02. The second-order valence-corrected chi connectivity index (χ2v) is 4.34. The van der Waals surface area contributed by atoms with Gasteiger partial charge in [0.15, 0.2) is 0 Å². The summed E-state index contributed by atoms with van der Waals surface area (Å²) in [7, 11) is 0. The van der Waals surface area contributed by atoms with Crippen molar-refractivity contribution in [1.82, 2.24) is 15.5 Å². The topological polar surface area (TPSA) is 110 Å². The lowest BCUT2D eigenvalue weighted by Crippen LogP contribution is -2.36. The van der Waals surface area contributed by atoms with Crippen LogP contribution in [0.1, 0.15) is 18.4 Å². The van der Waals surface area contributed by atoms with E-state index in [4.69, 9.17) is 5.73 Å². The number of carbonyl (C=O) groups excluding carboxylic acids is 2. The average Bonchev–Trinajstić information content (AvgIpc) is 2.74. The van der Waals surface area contributed by atoms with Gasteiger partial charge in [0.25, 0.3) is 0 Å². The van der Waals surface area contributed by atoms with E-state index in [1.54, 1.807) is 0 Å². The molecule has 0 unspecified atom stereocenters. The Kier molecular flexibility index (Phi) is 8.17. The normalized spacial score (nSPS) is 9.44. The van der Waals surface area contributed by atoms with Crippen molar-refractivity contribution < 1.29 is 9.59 Å². The Labute approximate surface area is 115 Å². The summed E-state index contributed by atoms with van der Waals surface area (Å²) in [4.78, 5) is 22.2. The van der Waals surface area contributed by atoms with Crippen molar-refractivity contribution in [2.75, 3.05) is 18.4 Å². The van der Waals surface area contributed by atoms with E-state index in [1.807, 2.05) is 6.92 Å². The molecule has 1 heterocycles. The summed E-state index contributed by atoms with van der Waals surface area (Å²) in [6, 6.07) is 0. The van der Waals surface area contributed by atoms with E-state index in [0.717, 1.165) is 17.8 Å². The minimum Gasteiger partial charge on any atom is -0.346 e. The van der Waals surface area contributed by atoms with Gasteiger partial charge in [-0.1, -0.05) is 18.3 Å². The van der Waals surface area contributed by atoms with Gasteiger partial charge in [0.2, 0.25) is 16.9 Å². The molecule has 0 saturated carbocycles. The van der Waals surface area contributed by atoms with Crippen LogP contribution in [0.4, 0.5) is 5.13 Å². The number of nitrogens with one attached hydrogen (secondary N) is 2. The summed E-state index contributed by atoms with van der Waals surface area (Å²) in [6.07, 6.45) is 1.83. The summed E-state index contributed by atoms with van der Waals surface area (Å²) in [6.45, 7) is 1.80. The van der Waals surface area contributed by atoms with E-state index in [9.17, 15) is 9.59 Å². The maximum Gasteiger partial charge on any atom is 0.245 e. The van der Waals surface area contributed by atoms with Crippen LogP contribution in [0.5, 0.6) is 0 Å². The summed E-state index contributed by atoms with van der Waals surface area (Å²) in [5, 5.41) is 14.0. The number of nitrogens with zero attached hydrogens (tertiary/aromatic N) is 2. The number of hydrogen-bond donors (Lipinski definition) is 3. The molecule has 9 heteroatoms. The molecule has 0 spiro atoms. The number of nitrogens with two attached hydrogens (primary N) is 1. The molecule has 102 valence electrons. The van der Waals surface area contributed by atoms with Crippen molar-refractivity contribution in [2.24, 2.45) is 5.73 Å². The number of carbonyl (C=O) groups is 2. The SMILES string of the molecule is CCCc1nnc(NC(=O)CNC(=O)CN)s1.Cl. The first kappa shape index (κ1) is 16.8. The largest absolute Gasteiger partial charge is 0.346 e. The first-order valence-corrected chi connectivity index (χ1v) is 6.06. The molecule has 1 rings (SSSR count). The Bertz CT molecular complexity index is 398. The molecule has 0 atom stereocenters. The number of aryl methyl sites for hydroxylation is 1. The molecule has 1 aromatic heterocycles. The van der Waals surface area contributed by atoms with Gasteiger partial charge in [-0.05, 0) is 6.42 Å². The Morgan fingerprint density at radius 2 is 2.06 bits per heavy atom. The molecule has 0 aliphatic heterocycles. The minimum absolute atomic E-state index is 0. The van der Waals surface area contributed by atoms with Crippen LogP contribution in [-0.4, -0.2) is 35.1 Å². The lowest BCUT2D eigenvalue weighted by atomic mass is 10.4. The third-order valence-electron chi connectivity index (χ3n) is 1.81. The summed E-state index contributed by atoms with van der Waals surface area (Å²) in [5.74, 6) is -0.713. The Balaban J connectivity index is 0.00000289. The van der Waals surface area contributed by atoms with Crippen LogP contribution in [0.25, 0.3) is 0 Å². The predicted octanol–water partition coefficient (Wildman–Crippen LogP) is -0.0742. The summed E-state index contributed by atoms with van der Waals surface area (Å²) in [5.41, 5.74) is 5.08. The minimum atomic E-state index is -0.371. The number of halogens is 1. The predicted molar refractivity (Wildman–Crippen MR) is 71.8 cm³/mol. The fourth-order valence-electron chi connectivity index (χ4n) is 1.03. The van der Waals surface area contributed by atoms with Crippen molar-refractivity contribution in [3.63, 3.8) is 0 Å². The quantitative estimate of drug-likeness (QED) is 0.680. The number of hydrogen-bond acceptors (Lipinski definition) is 6. The molecule has 0 fully saturated rings. The summed E-state index contributed by atoms with van der Waals surface area (Å²) < 4.78 is 0. The third kappa shape index (κ3) is 5.89. The maximum absolute atomic E-state index is 11.4. The first-order valence-electron chi connectivity index (χ1n) is 5.24. The monoisotopic (exact) mass is 293 g/mol. The van der Waals surface area contributed by atoms with E-state index >= 15 is 0 Å². The zero-order valence-corrected chi connectivity index (χ0v) is 11.6. The van der Waals surface area contributed by atoms with Gasteiger partial charge < -0.3 is 11.1 Å². The van der Waals surface area contributed by atoms with Gasteiger partial charge in [-0.3, -0.25) is 14.9 Å². The van der Waals surface area contributed by atoms with Crippen molar-refractivity contribution >= 4 is 40.7 Å². The second-order valence-electron chi connectivity index (χ2n) is 3.28. The molecule has 0 bridgehead atoms. The average molecular weight is 294 g/mol. The standard InChI is InChI=1S/C9H15N5O2S.ClH/c1-2-3-8-13-14-9(17-8)12-7(16)5-11-6(15)4-10;/h2-5,10H2,1H3,(H,11,15)(H,12,14,16);1H. The number of aromatic nitrogens is 2. The van der Waals surface area contributed by atoms with E-state index in [0.29, 0.717) is 5.13 Å². The Morgan fingerprint density at radius 3 is 2.67 bits per heavy atom. The maximum atomic E-state index is 11.4. The smallest absolute Gasteiger partial charge is 0.245 e. The van der Waals surface area contributed by atoms with Gasteiger partial charge in [0.05, 0.1) is 13.1 Å². The van der Waals surface area contributed by atoms with Gasteiger partial charge >= 0.3 is 0 Å². The molecular weight excluding hydrogens is 278 g/mol. The number of amides is 2. The first-order chi connectivity index (χ1) is 8.15. The molecule has 0 aliphatic carbocycles. The van der Waals surface area contributed by atoms with Gasteiger partial charge in [-0.25, -0.2) is 0 Å². The molecule has 18 heavy (non-hydrogen) atoms. The van der Waals surface area contributed by atoms with E-state index < -0.39 is 0 Å². The van der Waals surface area contributed by atoms with Crippen LogP contribution < -0.4 is 16.4 Å². The fraction of sp³-hybridized carbons (Fsp3) is 0.556. The zero-order chi connectivity index (χ0) is 12.7. The van der Waals surface area contributed by atoms with Crippen LogP contribution in [0.2, 0.25) is 0 Å². The highest BCUT2D eigenvalue weighted by atomic mass is 35.5. The highest BCUT2D eigenvalue weighted by Crippen LogP contribution is 2.15. The molecule has 0 aliphatic rings. The van der Waals surface area contributed by atoms with Gasteiger partial charge in [0, 0.05) is 6.42 Å².